The van der Waals surface area contributed by atoms with Crippen molar-refractivity contribution in [3.63, 3.8) is 0 Å². The van der Waals surface area contributed by atoms with E-state index in [2.05, 4.69) is 105 Å². The number of carbonyl (C=O) groups excluding carboxylic acids is 2. The first-order valence-electron chi connectivity index (χ1n) is 39.9. The molecule has 3 unspecified atom stereocenters. The van der Waals surface area contributed by atoms with Crippen molar-refractivity contribution in [3.05, 3.63) is 85.1 Å². The fraction of sp³-hybridized carbons (Fsp3) is 0.807. The molecular weight excluding hydrogens is 1170 g/mol. The number of ether oxygens (including phenoxy) is 1. The lowest BCUT2D eigenvalue weighted by molar-refractivity contribution is -0.870. The molecule has 542 valence electrons. The van der Waals surface area contributed by atoms with Crippen molar-refractivity contribution < 1.29 is 37.3 Å². The van der Waals surface area contributed by atoms with Crippen molar-refractivity contribution in [2.75, 3.05) is 40.9 Å². The number of phosphoric ester groups is 1. The number of hydrogen-bond donors (Lipinski definition) is 2. The Morgan fingerprint density at radius 3 is 1.04 bits per heavy atom. The van der Waals surface area contributed by atoms with Gasteiger partial charge in [0.15, 0.2) is 0 Å². The summed E-state index contributed by atoms with van der Waals surface area (Å²) in [5.41, 5.74) is 0. The lowest BCUT2D eigenvalue weighted by atomic mass is 10.0. The summed E-state index contributed by atoms with van der Waals surface area (Å²) < 4.78 is 31.0. The quantitative estimate of drug-likeness (QED) is 0.0205. The van der Waals surface area contributed by atoms with Crippen LogP contribution in [0.5, 0.6) is 0 Å². The Hall–Kier alpha value is -2.81. The standard InChI is InChI=1S/C83H153N2O7P/c1-7-10-13-16-19-22-25-28-30-32-34-36-38-40-42-44-46-48-50-52-54-57-60-63-66-69-72-75-82(86)84-80(79-91-93(88,89)90-78-77-85(4,5)6)81(74-71-68-65-62-59-56-27-24-21-18-15-12-9-3)92-83(87)76-73-70-67-64-61-58-55-53-51-49-47-45-43-41-39-37-35-33-31-29-26-23-20-17-14-11-8-2/h10,13,19,22,28-31,34,36,40,42,71,74,80-81H,7-9,11-12,14-18,20-21,23-27,32-33,35,37-39,41,43-70,72-73,75-79H2,1-6H3,(H-,84,86,88,89)/p+1/b13-10-,22-19-,30-28-,31-29+,36-34-,42-40-,74-71+. The molecule has 0 rings (SSSR count). The molecule has 10 heteroatoms. The molecule has 0 saturated carbocycles. The van der Waals surface area contributed by atoms with Gasteiger partial charge in [-0.3, -0.25) is 18.6 Å². The Kier molecular flexibility index (Phi) is 69.8. The average molecular weight is 1320 g/mol. The van der Waals surface area contributed by atoms with Gasteiger partial charge in [-0.15, -0.1) is 0 Å². The summed E-state index contributed by atoms with van der Waals surface area (Å²) in [6.45, 7) is 6.95. The zero-order valence-corrected chi connectivity index (χ0v) is 63.1. The van der Waals surface area contributed by atoms with Crippen LogP contribution in [-0.2, 0) is 27.9 Å². The zero-order valence-electron chi connectivity index (χ0n) is 62.2. The van der Waals surface area contributed by atoms with E-state index < -0.39 is 20.0 Å². The van der Waals surface area contributed by atoms with Gasteiger partial charge in [0.25, 0.3) is 0 Å². The Labute approximate surface area is 577 Å². The van der Waals surface area contributed by atoms with Gasteiger partial charge in [-0.2, -0.15) is 0 Å². The first kappa shape index (κ1) is 90.2. The van der Waals surface area contributed by atoms with E-state index in [0.717, 1.165) is 89.9 Å². The Balaban J connectivity index is 4.95. The molecule has 1 amide bonds. The predicted molar refractivity (Wildman–Crippen MR) is 406 cm³/mol. The number of quaternary nitrogens is 1. The molecule has 2 N–H and O–H groups in total. The van der Waals surface area contributed by atoms with E-state index in [-0.39, 0.29) is 25.1 Å². The van der Waals surface area contributed by atoms with E-state index in [1.54, 1.807) is 0 Å². The molecular formula is C83H154N2O7P+. The highest BCUT2D eigenvalue weighted by Gasteiger charge is 2.30. The molecule has 93 heavy (non-hydrogen) atoms. The summed E-state index contributed by atoms with van der Waals surface area (Å²) in [4.78, 5) is 38.1. The molecule has 0 spiro atoms. The third-order valence-electron chi connectivity index (χ3n) is 17.8. The van der Waals surface area contributed by atoms with E-state index in [9.17, 15) is 19.0 Å². The van der Waals surface area contributed by atoms with Crippen LogP contribution < -0.4 is 5.32 Å². The number of carbonyl (C=O) groups is 2. The molecule has 0 saturated heterocycles. The van der Waals surface area contributed by atoms with Gasteiger partial charge < -0.3 is 19.4 Å². The summed E-state index contributed by atoms with van der Waals surface area (Å²) in [7, 11) is 1.50. The maximum absolute atomic E-state index is 13.7. The average Bonchev–Trinajstić information content (AvgIpc) is 2.31. The molecule has 0 aromatic rings. The first-order chi connectivity index (χ1) is 45.4. The number of esters is 1. The summed E-state index contributed by atoms with van der Waals surface area (Å²) in [5, 5.41) is 3.08. The third kappa shape index (κ3) is 73.3. The predicted octanol–water partition coefficient (Wildman–Crippen LogP) is 26.0. The van der Waals surface area contributed by atoms with Crippen LogP contribution in [0.25, 0.3) is 0 Å². The van der Waals surface area contributed by atoms with Gasteiger partial charge in [-0.05, 0) is 102 Å². The molecule has 3 atom stereocenters. The minimum absolute atomic E-state index is 0.0387. The van der Waals surface area contributed by atoms with Crippen LogP contribution >= 0.6 is 7.82 Å². The second-order valence-corrected chi connectivity index (χ2v) is 29.7. The molecule has 0 aliphatic rings. The monoisotopic (exact) mass is 1320 g/mol. The number of amides is 1. The van der Waals surface area contributed by atoms with Gasteiger partial charge in [0.05, 0.1) is 33.8 Å². The van der Waals surface area contributed by atoms with Crippen molar-refractivity contribution >= 4 is 19.7 Å². The van der Waals surface area contributed by atoms with Crippen LogP contribution in [0.3, 0.4) is 0 Å². The molecule has 9 nitrogen and oxygen atoms in total. The number of nitrogens with zero attached hydrogens (tertiary/aromatic N) is 1. The highest BCUT2D eigenvalue weighted by atomic mass is 31.2. The minimum atomic E-state index is -4.46. The van der Waals surface area contributed by atoms with Gasteiger partial charge in [-0.25, -0.2) is 4.57 Å². The number of phosphoric acid groups is 1. The molecule has 0 fully saturated rings. The second kappa shape index (κ2) is 71.9. The number of nitrogens with one attached hydrogen (secondary N) is 1. The molecule has 0 aliphatic carbocycles. The summed E-state index contributed by atoms with van der Waals surface area (Å²) in [5.74, 6) is -0.494. The normalized spacial score (nSPS) is 13.8. The SMILES string of the molecule is CC/C=C\C/C=C\C/C=C\C/C=C\C/C=C\CCCCCCCCCCCCCC(=O)NC(COP(=O)(O)OCC[N+](C)(C)C)C(/C=C/CCCCCCCCCCCCC)OC(=O)CCCCCCCCCCCCCCCCCCC/C=C/CCCCCCCC. The number of hydrogen-bond acceptors (Lipinski definition) is 6. The number of likely N-dealkylation sites (N-methyl/N-ethyl adjacent to an activating group) is 1. The van der Waals surface area contributed by atoms with Crippen LogP contribution in [0.15, 0.2) is 85.1 Å². The molecule has 0 heterocycles. The van der Waals surface area contributed by atoms with Crippen molar-refractivity contribution in [3.8, 4) is 0 Å². The fourth-order valence-corrected chi connectivity index (χ4v) is 12.5. The van der Waals surface area contributed by atoms with Gasteiger partial charge in [0, 0.05) is 12.8 Å². The highest BCUT2D eigenvalue weighted by molar-refractivity contribution is 7.47. The lowest BCUT2D eigenvalue weighted by Gasteiger charge is -2.27. The van der Waals surface area contributed by atoms with E-state index in [0.29, 0.717) is 23.9 Å². The molecule has 0 aliphatic heterocycles. The minimum Gasteiger partial charge on any atom is -0.456 e. The first-order valence-corrected chi connectivity index (χ1v) is 41.4. The number of rotatable bonds is 73. The van der Waals surface area contributed by atoms with Gasteiger partial charge in [0.1, 0.15) is 19.3 Å². The molecule has 0 aromatic heterocycles. The molecule has 0 bridgehead atoms. The largest absolute Gasteiger partial charge is 0.472 e. The summed E-state index contributed by atoms with van der Waals surface area (Å²) >= 11 is 0. The van der Waals surface area contributed by atoms with Gasteiger partial charge >= 0.3 is 13.8 Å². The Morgan fingerprint density at radius 2 is 0.688 bits per heavy atom. The van der Waals surface area contributed by atoms with Crippen molar-refractivity contribution in [1.29, 1.82) is 0 Å². The zero-order chi connectivity index (χ0) is 67.8. The smallest absolute Gasteiger partial charge is 0.456 e. The van der Waals surface area contributed by atoms with E-state index in [4.69, 9.17) is 13.8 Å². The van der Waals surface area contributed by atoms with Crippen molar-refractivity contribution in [2.45, 2.75) is 392 Å². The fourth-order valence-electron chi connectivity index (χ4n) is 11.7. The van der Waals surface area contributed by atoms with Crippen LogP contribution in [0.4, 0.5) is 0 Å². The Bertz CT molecular complexity index is 1870. The summed E-state index contributed by atoms with van der Waals surface area (Å²) in [6, 6.07) is -0.854. The van der Waals surface area contributed by atoms with Crippen LogP contribution in [0, 0.1) is 0 Å². The molecule has 0 aromatic carbocycles. The van der Waals surface area contributed by atoms with Gasteiger partial charge in [0.2, 0.25) is 5.91 Å². The number of allylic oxidation sites excluding steroid dienone is 13. The van der Waals surface area contributed by atoms with Crippen molar-refractivity contribution in [2.24, 2.45) is 0 Å². The molecule has 0 radical (unpaired) electrons. The summed E-state index contributed by atoms with van der Waals surface area (Å²) in [6.07, 6.45) is 97.6. The van der Waals surface area contributed by atoms with E-state index in [1.807, 2.05) is 27.2 Å². The van der Waals surface area contributed by atoms with E-state index in [1.165, 1.54) is 257 Å². The number of unbranched alkanes of at least 4 members (excludes halogenated alkanes) is 45. The van der Waals surface area contributed by atoms with Gasteiger partial charge in [-0.1, -0.05) is 350 Å². The third-order valence-corrected chi connectivity index (χ3v) is 18.8. The van der Waals surface area contributed by atoms with Crippen LogP contribution in [-0.4, -0.2) is 74.3 Å². The maximum Gasteiger partial charge on any atom is 0.472 e. The van der Waals surface area contributed by atoms with E-state index >= 15 is 0 Å². The van der Waals surface area contributed by atoms with Crippen LogP contribution in [0.1, 0.15) is 380 Å². The van der Waals surface area contributed by atoms with Crippen LogP contribution in [0.2, 0.25) is 0 Å². The maximum atomic E-state index is 13.7. The highest BCUT2D eigenvalue weighted by Crippen LogP contribution is 2.43. The lowest BCUT2D eigenvalue weighted by Crippen LogP contribution is -2.47. The Morgan fingerprint density at radius 1 is 0.387 bits per heavy atom. The second-order valence-electron chi connectivity index (χ2n) is 28.2. The topological polar surface area (TPSA) is 111 Å². The van der Waals surface area contributed by atoms with Crippen molar-refractivity contribution in [1.82, 2.24) is 5.32 Å².